The number of benzene rings is 3. The number of thioether (sulfide) groups is 1. The number of fused-ring (bicyclic) bond motifs is 1. The van der Waals surface area contributed by atoms with E-state index in [-0.39, 0.29) is 22.2 Å². The Morgan fingerprint density at radius 2 is 1.73 bits per heavy atom. The Morgan fingerprint density at radius 1 is 0.977 bits per heavy atom. The number of hydrogen-bond donors (Lipinski definition) is 1. The number of rotatable bonds is 8. The van der Waals surface area contributed by atoms with Gasteiger partial charge in [0, 0.05) is 23.6 Å². The second-order valence-corrected chi connectivity index (χ2v) is 13.7. The third kappa shape index (κ3) is 6.03. The van der Waals surface area contributed by atoms with E-state index in [1.807, 2.05) is 36.2 Å². The topological polar surface area (TPSA) is 45.5 Å². The highest BCUT2D eigenvalue weighted by atomic mass is 32.2. The molecule has 1 saturated carbocycles. The Morgan fingerprint density at radius 3 is 2.45 bits per heavy atom. The van der Waals surface area contributed by atoms with Gasteiger partial charge in [-0.2, -0.15) is 0 Å². The van der Waals surface area contributed by atoms with E-state index in [2.05, 4.69) is 12.7 Å². The molecule has 1 fully saturated rings. The molecule has 4 nitrogen and oxygen atoms in total. The van der Waals surface area contributed by atoms with E-state index < -0.39 is 11.6 Å². The summed E-state index contributed by atoms with van der Waals surface area (Å²) in [7, 11) is 1.95. The molecule has 1 aliphatic heterocycles. The summed E-state index contributed by atoms with van der Waals surface area (Å²) in [6, 6.07) is 18.0. The van der Waals surface area contributed by atoms with E-state index in [0.29, 0.717) is 27.6 Å². The van der Waals surface area contributed by atoms with E-state index in [0.717, 1.165) is 52.6 Å². The molecule has 6 rings (SSSR count). The first-order valence-corrected chi connectivity index (χ1v) is 17.0. The van der Waals surface area contributed by atoms with Crippen LogP contribution in [0.2, 0.25) is 0 Å². The summed E-state index contributed by atoms with van der Waals surface area (Å²) >= 11 is 2.49. The fourth-order valence-corrected chi connectivity index (χ4v) is 8.19. The molecule has 0 amide bonds. The van der Waals surface area contributed by atoms with Gasteiger partial charge in [0.1, 0.15) is 9.91 Å². The summed E-state index contributed by atoms with van der Waals surface area (Å²) < 4.78 is 31.9. The summed E-state index contributed by atoms with van der Waals surface area (Å²) in [6.45, 7) is 2.21. The second-order valence-electron chi connectivity index (χ2n) is 11.7. The van der Waals surface area contributed by atoms with Crippen molar-refractivity contribution in [2.24, 2.45) is 5.92 Å². The summed E-state index contributed by atoms with van der Waals surface area (Å²) in [6.07, 6.45) is 10.5. The zero-order valence-corrected chi connectivity index (χ0v) is 26.6. The maximum Gasteiger partial charge on any atom is 0.315 e. The minimum Gasteiger partial charge on any atom is -0.493 e. The zero-order chi connectivity index (χ0) is 30.8. The van der Waals surface area contributed by atoms with Gasteiger partial charge in [-0.15, -0.1) is 0 Å². The molecule has 1 N–H and O–H groups in total. The number of aromatic nitrogens is 1. The van der Waals surface area contributed by atoms with Crippen LogP contribution in [-0.2, 0) is 0 Å². The van der Waals surface area contributed by atoms with Crippen molar-refractivity contribution in [1.29, 1.82) is 0 Å². The molecule has 0 saturated heterocycles. The number of unbranched alkanes of at least 4 members (excludes halogenated alkanes) is 2. The lowest BCUT2D eigenvalue weighted by molar-refractivity contribution is 0.298. The third-order valence-corrected chi connectivity index (χ3v) is 11.0. The van der Waals surface area contributed by atoms with Gasteiger partial charge >= 0.3 is 4.87 Å². The average molecular weight is 631 g/mol. The second kappa shape index (κ2) is 13.2. The molecule has 8 heteroatoms. The third-order valence-electron chi connectivity index (χ3n) is 8.93. The van der Waals surface area contributed by atoms with E-state index >= 15 is 8.78 Å². The molecular weight excluding hydrogens is 595 g/mol. The Kier molecular flexibility index (Phi) is 9.13. The highest BCUT2D eigenvalue weighted by molar-refractivity contribution is 8.03. The van der Waals surface area contributed by atoms with Crippen LogP contribution in [0, 0.1) is 17.6 Å². The van der Waals surface area contributed by atoms with Crippen LogP contribution in [0.15, 0.2) is 81.1 Å². The summed E-state index contributed by atoms with van der Waals surface area (Å²) in [5.41, 5.74) is 5.89. The van der Waals surface area contributed by atoms with Crippen LogP contribution in [-0.4, -0.2) is 16.7 Å². The Bertz CT molecular complexity index is 1780. The number of halogens is 2. The largest absolute Gasteiger partial charge is 0.493 e. The highest BCUT2D eigenvalue weighted by Gasteiger charge is 2.27. The van der Waals surface area contributed by atoms with Crippen molar-refractivity contribution in [3.05, 3.63) is 103 Å². The number of hydrogen-bond acceptors (Lipinski definition) is 5. The lowest BCUT2D eigenvalue weighted by Gasteiger charge is -2.29. The molecule has 2 heterocycles. The lowest BCUT2D eigenvalue weighted by atomic mass is 9.76. The van der Waals surface area contributed by atoms with Crippen molar-refractivity contribution in [3.63, 3.8) is 0 Å². The first kappa shape index (κ1) is 30.4. The molecule has 44 heavy (non-hydrogen) atoms. The molecule has 2 aliphatic rings. The van der Waals surface area contributed by atoms with E-state index in [9.17, 15) is 9.90 Å². The van der Waals surface area contributed by atoms with E-state index in [1.54, 1.807) is 54.2 Å². The molecular formula is C36H36F2N2O2S2. The number of nitrogens with zero attached hydrogens (tertiary/aromatic N) is 2. The molecule has 1 aromatic heterocycles. The Hall–Kier alpha value is -3.58. The highest BCUT2D eigenvalue weighted by Crippen LogP contribution is 2.44. The predicted octanol–water partition coefficient (Wildman–Crippen LogP) is 10.1. The van der Waals surface area contributed by atoms with Crippen LogP contribution < -0.4 is 9.77 Å². The zero-order valence-electron chi connectivity index (χ0n) is 25.0. The molecule has 0 unspecified atom stereocenters. The van der Waals surface area contributed by atoms with E-state index in [4.69, 9.17) is 0 Å². The van der Waals surface area contributed by atoms with Gasteiger partial charge in [0.05, 0.1) is 11.4 Å². The fraction of sp³-hybridized carbons (Fsp3) is 0.333. The van der Waals surface area contributed by atoms with Gasteiger partial charge < -0.3 is 10.0 Å². The van der Waals surface area contributed by atoms with Crippen molar-refractivity contribution in [3.8, 4) is 22.7 Å². The summed E-state index contributed by atoms with van der Waals surface area (Å²) in [5.74, 6) is -1.03. The maximum absolute atomic E-state index is 15.4. The molecule has 1 aliphatic carbocycles. The van der Waals surface area contributed by atoms with Crippen molar-refractivity contribution in [1.82, 2.24) is 4.57 Å². The molecule has 0 atom stereocenters. The number of para-hydroxylation sites is 1. The van der Waals surface area contributed by atoms with Gasteiger partial charge in [0.2, 0.25) is 5.88 Å². The lowest BCUT2D eigenvalue weighted by Crippen LogP contribution is -2.15. The molecule has 228 valence electrons. The van der Waals surface area contributed by atoms with Crippen molar-refractivity contribution in [2.45, 2.75) is 69.1 Å². The monoisotopic (exact) mass is 630 g/mol. The van der Waals surface area contributed by atoms with Crippen LogP contribution in [0.1, 0.15) is 74.6 Å². The van der Waals surface area contributed by atoms with Gasteiger partial charge in [-0.3, -0.25) is 4.79 Å². The van der Waals surface area contributed by atoms with Gasteiger partial charge in [0.25, 0.3) is 0 Å². The van der Waals surface area contributed by atoms with Crippen LogP contribution in [0.3, 0.4) is 0 Å². The average Bonchev–Trinajstić information content (AvgIpc) is 3.52. The van der Waals surface area contributed by atoms with Gasteiger partial charge in [0.15, 0.2) is 11.6 Å². The summed E-state index contributed by atoms with van der Waals surface area (Å²) in [4.78, 5) is 16.0. The molecule has 0 radical (unpaired) electrons. The summed E-state index contributed by atoms with van der Waals surface area (Å²) in [5, 5.41) is 11.8. The predicted molar refractivity (Wildman–Crippen MR) is 178 cm³/mol. The Labute approximate surface area is 265 Å². The minimum atomic E-state index is -0.840. The maximum atomic E-state index is 15.4. The van der Waals surface area contributed by atoms with Crippen molar-refractivity contribution in [2.75, 3.05) is 11.9 Å². The van der Waals surface area contributed by atoms with Crippen LogP contribution in [0.25, 0.3) is 22.9 Å². The molecule has 0 bridgehead atoms. The molecule has 3 aromatic carbocycles. The number of anilines is 1. The van der Waals surface area contributed by atoms with Crippen LogP contribution in [0.4, 0.5) is 14.5 Å². The standard InChI is InChI=1S/C36H36F2N2O2S2/c1-3-4-5-8-23-11-13-24(14-12-23)27-19-20-28(34(38)33(27)37)25-15-17-26(18-16-25)40-35(41)31(44-36(40)42)21-22-32-39(2)29-9-6-7-10-30(29)43-32/h6-7,9-10,15-21,23-24,41H,3-5,8,11-14H2,1-2H3. The van der Waals surface area contributed by atoms with Crippen molar-refractivity contribution >= 4 is 34.9 Å². The number of aromatic hydroxyl groups is 1. The first-order valence-electron chi connectivity index (χ1n) is 15.4. The van der Waals surface area contributed by atoms with Gasteiger partial charge in [-0.25, -0.2) is 13.3 Å². The van der Waals surface area contributed by atoms with E-state index in [1.165, 1.54) is 30.3 Å². The quantitative estimate of drug-likeness (QED) is 0.155. The molecule has 4 aromatic rings. The fourth-order valence-electron chi connectivity index (χ4n) is 6.40. The van der Waals surface area contributed by atoms with Crippen LogP contribution in [0.5, 0.6) is 5.88 Å². The normalized spacial score (nSPS) is 17.9. The van der Waals surface area contributed by atoms with Gasteiger partial charge in [-0.05, 0) is 72.9 Å². The van der Waals surface area contributed by atoms with Gasteiger partial charge in [-0.1, -0.05) is 97.8 Å². The Balaban J connectivity index is 1.18. The number of thiazole rings is 1. The minimum absolute atomic E-state index is 0.0543. The molecule has 0 spiro atoms. The first-order chi connectivity index (χ1) is 21.4. The van der Waals surface area contributed by atoms with Crippen molar-refractivity contribution < 1.29 is 13.9 Å². The SMILES string of the molecule is CCCCCC1CCC(c2ccc(-c3ccc(-n4c(O)c(C=C=C5Sc6ccccc6N5C)sc4=O)cc3)c(F)c2F)CC1. The van der Waals surface area contributed by atoms with Crippen LogP contribution >= 0.6 is 23.1 Å². The smallest absolute Gasteiger partial charge is 0.315 e.